The molecule has 0 aliphatic rings. The Morgan fingerprint density at radius 1 is 1.19 bits per heavy atom. The summed E-state index contributed by atoms with van der Waals surface area (Å²) in [7, 11) is 1.46. The molecule has 0 amide bonds. The number of benzene rings is 2. The van der Waals surface area contributed by atoms with Crippen LogP contribution in [0, 0.1) is 5.82 Å². The van der Waals surface area contributed by atoms with Crippen LogP contribution in [0.4, 0.5) is 10.1 Å². The van der Waals surface area contributed by atoms with Crippen LogP contribution in [0.2, 0.25) is 0 Å². The summed E-state index contributed by atoms with van der Waals surface area (Å²) < 4.78 is 18.6. The van der Waals surface area contributed by atoms with E-state index in [1.165, 1.54) is 13.2 Å². The highest BCUT2D eigenvalue weighted by atomic mass is 19.1. The molecular formula is C17H15FN2O. The molecule has 0 radical (unpaired) electrons. The zero-order valence-corrected chi connectivity index (χ0v) is 11.6. The summed E-state index contributed by atoms with van der Waals surface area (Å²) in [5.74, 6) is -0.0931. The maximum atomic E-state index is 13.7. The summed E-state index contributed by atoms with van der Waals surface area (Å²) in [4.78, 5) is 4.15. The van der Waals surface area contributed by atoms with Crippen LogP contribution in [-0.4, -0.2) is 12.1 Å². The molecule has 4 heteroatoms. The van der Waals surface area contributed by atoms with Gasteiger partial charge in [0.05, 0.1) is 7.11 Å². The lowest BCUT2D eigenvalue weighted by atomic mass is 10.1. The molecule has 0 unspecified atom stereocenters. The van der Waals surface area contributed by atoms with Crippen molar-refractivity contribution in [1.29, 1.82) is 0 Å². The van der Waals surface area contributed by atoms with Gasteiger partial charge in [0.25, 0.3) is 0 Å². The molecule has 0 atom stereocenters. The highest BCUT2D eigenvalue weighted by Crippen LogP contribution is 2.23. The standard InChI is InChI=1S/C17H15FN2O/c1-21-17-6-5-12(9-15(17)18)10-20-16-4-2-3-13-7-8-19-11-14(13)16/h2-9,11,20H,10H2,1H3. The van der Waals surface area contributed by atoms with Gasteiger partial charge in [-0.1, -0.05) is 18.2 Å². The third-order valence-electron chi connectivity index (χ3n) is 3.38. The average Bonchev–Trinajstić information content (AvgIpc) is 2.53. The molecule has 0 bridgehead atoms. The van der Waals surface area contributed by atoms with E-state index in [0.717, 1.165) is 22.0 Å². The van der Waals surface area contributed by atoms with Crippen LogP contribution in [0.15, 0.2) is 54.9 Å². The van der Waals surface area contributed by atoms with Crippen molar-refractivity contribution in [3.63, 3.8) is 0 Å². The Hall–Kier alpha value is -2.62. The first kappa shape index (κ1) is 13.4. The normalized spacial score (nSPS) is 10.6. The lowest BCUT2D eigenvalue weighted by molar-refractivity contribution is 0.386. The van der Waals surface area contributed by atoms with Gasteiger partial charge in [-0.2, -0.15) is 0 Å². The predicted molar refractivity (Wildman–Crippen MR) is 82.0 cm³/mol. The van der Waals surface area contributed by atoms with Crippen LogP contribution < -0.4 is 10.1 Å². The van der Waals surface area contributed by atoms with Crippen molar-refractivity contribution in [2.45, 2.75) is 6.54 Å². The number of pyridine rings is 1. The second kappa shape index (κ2) is 5.79. The number of ether oxygens (including phenoxy) is 1. The van der Waals surface area contributed by atoms with Gasteiger partial charge in [0, 0.05) is 30.0 Å². The number of anilines is 1. The number of nitrogens with one attached hydrogen (secondary N) is 1. The molecule has 3 nitrogen and oxygen atoms in total. The zero-order chi connectivity index (χ0) is 14.7. The molecule has 1 heterocycles. The van der Waals surface area contributed by atoms with Gasteiger partial charge in [0.1, 0.15) is 0 Å². The van der Waals surface area contributed by atoms with Crippen molar-refractivity contribution in [2.75, 3.05) is 12.4 Å². The number of halogens is 1. The second-order valence-electron chi connectivity index (χ2n) is 4.72. The minimum atomic E-state index is -0.351. The molecule has 21 heavy (non-hydrogen) atoms. The molecule has 0 fully saturated rings. The van der Waals surface area contributed by atoms with Crippen molar-refractivity contribution in [3.05, 3.63) is 66.2 Å². The van der Waals surface area contributed by atoms with Crippen molar-refractivity contribution in [1.82, 2.24) is 4.98 Å². The summed E-state index contributed by atoms with van der Waals surface area (Å²) in [6.45, 7) is 0.537. The number of methoxy groups -OCH3 is 1. The summed E-state index contributed by atoms with van der Waals surface area (Å²) in [6.07, 6.45) is 3.59. The van der Waals surface area contributed by atoms with Crippen molar-refractivity contribution < 1.29 is 9.13 Å². The summed E-state index contributed by atoms with van der Waals surface area (Å²) in [5.41, 5.74) is 1.84. The van der Waals surface area contributed by atoms with Crippen LogP contribution in [0.1, 0.15) is 5.56 Å². The molecule has 1 N–H and O–H groups in total. The maximum absolute atomic E-state index is 13.7. The minimum absolute atomic E-state index is 0.258. The smallest absolute Gasteiger partial charge is 0.165 e. The van der Waals surface area contributed by atoms with E-state index in [1.807, 2.05) is 36.5 Å². The number of aromatic nitrogens is 1. The SMILES string of the molecule is COc1ccc(CNc2cccc3ccncc23)cc1F. The summed E-state index contributed by atoms with van der Waals surface area (Å²) in [6, 6.07) is 12.9. The van der Waals surface area contributed by atoms with Gasteiger partial charge in [0.15, 0.2) is 11.6 Å². The van der Waals surface area contributed by atoms with E-state index in [1.54, 1.807) is 12.3 Å². The molecule has 2 aromatic carbocycles. The van der Waals surface area contributed by atoms with Gasteiger partial charge < -0.3 is 10.1 Å². The average molecular weight is 282 g/mol. The molecular weight excluding hydrogens is 267 g/mol. The van der Waals surface area contributed by atoms with E-state index < -0.39 is 0 Å². The molecule has 3 rings (SSSR count). The zero-order valence-electron chi connectivity index (χ0n) is 11.6. The van der Waals surface area contributed by atoms with Crippen molar-refractivity contribution in [3.8, 4) is 5.75 Å². The Labute approximate surface area is 122 Å². The largest absolute Gasteiger partial charge is 0.494 e. The van der Waals surface area contributed by atoms with E-state index in [-0.39, 0.29) is 11.6 Å². The third kappa shape index (κ3) is 2.79. The minimum Gasteiger partial charge on any atom is -0.494 e. The van der Waals surface area contributed by atoms with Gasteiger partial charge in [-0.05, 0) is 35.2 Å². The van der Waals surface area contributed by atoms with Crippen LogP contribution >= 0.6 is 0 Å². The van der Waals surface area contributed by atoms with E-state index >= 15 is 0 Å². The highest BCUT2D eigenvalue weighted by molar-refractivity contribution is 5.93. The number of hydrogen-bond donors (Lipinski definition) is 1. The molecule has 1 aromatic heterocycles. The fourth-order valence-electron chi connectivity index (χ4n) is 2.28. The Morgan fingerprint density at radius 3 is 2.90 bits per heavy atom. The van der Waals surface area contributed by atoms with E-state index in [4.69, 9.17) is 4.74 Å². The lowest BCUT2D eigenvalue weighted by Crippen LogP contribution is -2.01. The third-order valence-corrected chi connectivity index (χ3v) is 3.38. The van der Waals surface area contributed by atoms with Gasteiger partial charge >= 0.3 is 0 Å². The van der Waals surface area contributed by atoms with E-state index in [2.05, 4.69) is 10.3 Å². The van der Waals surface area contributed by atoms with Crippen LogP contribution in [-0.2, 0) is 6.54 Å². The number of rotatable bonds is 4. The molecule has 0 aliphatic heterocycles. The Morgan fingerprint density at radius 2 is 2.10 bits per heavy atom. The first-order valence-electron chi connectivity index (χ1n) is 6.67. The van der Waals surface area contributed by atoms with Crippen LogP contribution in [0.25, 0.3) is 10.8 Å². The van der Waals surface area contributed by atoms with Gasteiger partial charge in [0.2, 0.25) is 0 Å². The highest BCUT2D eigenvalue weighted by Gasteiger charge is 2.04. The monoisotopic (exact) mass is 282 g/mol. The molecule has 0 spiro atoms. The van der Waals surface area contributed by atoms with Gasteiger partial charge in [-0.15, -0.1) is 0 Å². The lowest BCUT2D eigenvalue weighted by Gasteiger charge is -2.10. The van der Waals surface area contributed by atoms with Crippen LogP contribution in [0.3, 0.4) is 0 Å². The molecule has 106 valence electrons. The first-order chi connectivity index (χ1) is 10.3. The quantitative estimate of drug-likeness (QED) is 0.785. The number of hydrogen-bond acceptors (Lipinski definition) is 3. The molecule has 3 aromatic rings. The molecule has 0 aliphatic carbocycles. The fourth-order valence-corrected chi connectivity index (χ4v) is 2.28. The second-order valence-corrected chi connectivity index (χ2v) is 4.72. The maximum Gasteiger partial charge on any atom is 0.165 e. The predicted octanol–water partition coefficient (Wildman–Crippen LogP) is 3.99. The Balaban J connectivity index is 1.82. The van der Waals surface area contributed by atoms with E-state index in [0.29, 0.717) is 6.54 Å². The first-order valence-corrected chi connectivity index (χ1v) is 6.67. The topological polar surface area (TPSA) is 34.1 Å². The van der Waals surface area contributed by atoms with Gasteiger partial charge in [-0.3, -0.25) is 4.98 Å². The summed E-state index contributed by atoms with van der Waals surface area (Å²) >= 11 is 0. The fraction of sp³-hybridized carbons (Fsp3) is 0.118. The number of nitrogens with zero attached hydrogens (tertiary/aromatic N) is 1. The van der Waals surface area contributed by atoms with Crippen LogP contribution in [0.5, 0.6) is 5.75 Å². The van der Waals surface area contributed by atoms with Crippen molar-refractivity contribution >= 4 is 16.5 Å². The Kier molecular flexibility index (Phi) is 3.69. The molecule has 0 saturated carbocycles. The molecule has 0 saturated heterocycles. The van der Waals surface area contributed by atoms with E-state index in [9.17, 15) is 4.39 Å². The Bertz CT molecular complexity index is 768. The van der Waals surface area contributed by atoms with Crippen molar-refractivity contribution in [2.24, 2.45) is 0 Å². The van der Waals surface area contributed by atoms with Gasteiger partial charge in [-0.25, -0.2) is 4.39 Å². The number of fused-ring (bicyclic) bond motifs is 1. The summed E-state index contributed by atoms with van der Waals surface area (Å²) in [5, 5.41) is 5.49.